The van der Waals surface area contributed by atoms with E-state index < -0.39 is 0 Å². The first-order chi connectivity index (χ1) is 37.1. The monoisotopic (exact) mass is 1100 g/mol. The summed E-state index contributed by atoms with van der Waals surface area (Å²) in [6.45, 7) is 5.66. The zero-order chi connectivity index (χ0) is 52.3. The van der Waals surface area contributed by atoms with Gasteiger partial charge in [0.1, 0.15) is 22.8 Å². The van der Waals surface area contributed by atoms with Gasteiger partial charge < -0.3 is 9.47 Å². The molecule has 11 aromatic rings. The Balaban J connectivity index is 0.000000156. The highest BCUT2D eigenvalue weighted by molar-refractivity contribution is 6.39. The maximum atomic E-state index is 15.8. The first-order valence-electron chi connectivity index (χ1n) is 25.6. The summed E-state index contributed by atoms with van der Waals surface area (Å²) in [5, 5.41) is 43.3. The molecule has 7 aromatic heterocycles. The van der Waals surface area contributed by atoms with Gasteiger partial charge in [0.15, 0.2) is 17.1 Å². The third-order valence-corrected chi connectivity index (χ3v) is 15.1. The van der Waals surface area contributed by atoms with Crippen LogP contribution in [-0.2, 0) is 27.7 Å². The fourth-order valence-corrected chi connectivity index (χ4v) is 10.9. The second-order valence-electron chi connectivity index (χ2n) is 19.3. The maximum Gasteiger partial charge on any atom is 0.205 e. The number of aromatic nitrogens is 13. The smallest absolute Gasteiger partial charge is 0.205 e. The minimum atomic E-state index is -0.377. The van der Waals surface area contributed by atoms with E-state index in [1.165, 1.54) is 25.7 Å². The van der Waals surface area contributed by atoms with Crippen molar-refractivity contribution in [2.75, 3.05) is 39.8 Å². The molecule has 1 saturated carbocycles. The first kappa shape index (κ1) is 57.4. The molecule has 4 aromatic carbocycles. The Morgan fingerprint density at radius 3 is 1.58 bits per heavy atom. The van der Waals surface area contributed by atoms with Gasteiger partial charge in [-0.2, -0.15) is 15.3 Å². The van der Waals surface area contributed by atoms with E-state index in [1.807, 2.05) is 165 Å². The van der Waals surface area contributed by atoms with Gasteiger partial charge in [-0.3, -0.25) is 9.58 Å². The molecule has 1 aliphatic carbocycles. The van der Waals surface area contributed by atoms with Crippen LogP contribution in [-0.4, -0.2) is 114 Å². The van der Waals surface area contributed by atoms with E-state index in [1.54, 1.807) is 14.0 Å². The van der Waals surface area contributed by atoms with Crippen molar-refractivity contribution in [1.82, 2.24) is 74.3 Å². The number of hydrogen-bond acceptors (Lipinski definition) is 11. The van der Waals surface area contributed by atoms with E-state index >= 15 is 4.39 Å². The minimum Gasteiger partial charge on any atom is -0.349 e. The van der Waals surface area contributed by atoms with Crippen molar-refractivity contribution in [3.8, 4) is 56.4 Å². The highest BCUT2D eigenvalue weighted by Crippen LogP contribution is 2.42. The molecule has 1 aliphatic heterocycles. The van der Waals surface area contributed by atoms with Crippen LogP contribution >= 0.6 is 23.2 Å². The fourth-order valence-electron chi connectivity index (χ4n) is 10.3. The molecule has 0 unspecified atom stereocenters. The van der Waals surface area contributed by atoms with Gasteiger partial charge in [-0.15, -0.1) is 30.6 Å². The van der Waals surface area contributed by atoms with Crippen LogP contribution in [0.25, 0.3) is 89.5 Å². The van der Waals surface area contributed by atoms with E-state index in [0.717, 1.165) is 88.6 Å². The predicted octanol–water partition coefficient (Wildman–Crippen LogP) is 13.5. The SMILES string of the molecule is C.C.C.CN1CCN(CCn2nc(-c3cccn3C)c3c(F)c(-c4ccccc4)nnc32)CC1.Cn1nc(C2CCCC2)c2c(Cl)c(-c3ccccc3)nnc21.Cn1nc2nnc(-c3ccccc3)c(Cl)c2c1-c1ccccc1. The lowest BCUT2D eigenvalue weighted by atomic mass is 10.0. The minimum absolute atomic E-state index is 0. The number of hydrogen-bond donors (Lipinski definition) is 0. The zero-order valence-electron chi connectivity index (χ0n) is 42.8. The van der Waals surface area contributed by atoms with Crippen LogP contribution < -0.4 is 0 Å². The Kier molecular flexibility index (Phi) is 18.4. The standard InChI is InChI=1S/C23H26FN7.C18H13ClN4.C17H17ClN4.3CH4/c1-28-11-13-30(14-12-28)15-16-31-23-19(22(27-31)18-9-6-10-29(18)2)20(24)21(25-26-23)17-7-4-3-5-8-17;1-23-17(13-10-6-3-7-11-13)14-15(19)16(20-21-18(14)22-23)12-8-4-2-5-9-12;1-22-17-13(15(21-22)11-9-5-6-10-11)14(18)16(19-20-17)12-7-3-2-4-8-12;;;/h3-10H,11-16H2,1-2H3;2-11H,1H3;2-4,7-8,11H,5-6,9-10H2,1H3;3*1H4. The van der Waals surface area contributed by atoms with Crippen LogP contribution in [0.5, 0.6) is 0 Å². The van der Waals surface area contributed by atoms with Crippen molar-refractivity contribution in [1.29, 1.82) is 0 Å². The lowest BCUT2D eigenvalue weighted by Crippen LogP contribution is -2.45. The summed E-state index contributed by atoms with van der Waals surface area (Å²) in [4.78, 5) is 4.75. The van der Waals surface area contributed by atoms with Gasteiger partial charge >= 0.3 is 0 Å². The molecule has 2 fully saturated rings. The second kappa shape index (κ2) is 25.4. The maximum absolute atomic E-state index is 15.8. The van der Waals surface area contributed by atoms with Gasteiger partial charge in [0.05, 0.1) is 49.8 Å². The van der Waals surface area contributed by atoms with Crippen molar-refractivity contribution >= 4 is 56.3 Å². The summed E-state index contributed by atoms with van der Waals surface area (Å²) >= 11 is 13.4. The molecule has 79 heavy (non-hydrogen) atoms. The van der Waals surface area contributed by atoms with Crippen LogP contribution in [0.3, 0.4) is 0 Å². The normalized spacial score (nSPS) is 13.8. The average molecular weight is 1100 g/mol. The first-order valence-corrected chi connectivity index (χ1v) is 26.3. The van der Waals surface area contributed by atoms with Gasteiger partial charge in [0.25, 0.3) is 0 Å². The Morgan fingerprint density at radius 1 is 0.494 bits per heavy atom. The van der Waals surface area contributed by atoms with Crippen LogP contribution in [0, 0.1) is 5.82 Å². The predicted molar refractivity (Wildman–Crippen MR) is 319 cm³/mol. The van der Waals surface area contributed by atoms with Gasteiger partial charge in [-0.1, -0.05) is 180 Å². The van der Waals surface area contributed by atoms with Crippen LogP contribution in [0.4, 0.5) is 4.39 Å². The highest BCUT2D eigenvalue weighted by atomic mass is 35.5. The molecule has 0 atom stereocenters. The third-order valence-electron chi connectivity index (χ3n) is 14.4. The van der Waals surface area contributed by atoms with Crippen molar-refractivity contribution in [3.05, 3.63) is 161 Å². The Hall–Kier alpha value is -7.76. The van der Waals surface area contributed by atoms with Crippen LogP contribution in [0.1, 0.15) is 59.6 Å². The summed E-state index contributed by atoms with van der Waals surface area (Å²) < 4.78 is 23.2. The molecule has 0 N–H and O–H groups in total. The Bertz CT molecular complexity index is 3770. The number of aryl methyl sites for hydroxylation is 3. The molecule has 13 rings (SSSR count). The number of likely N-dealkylation sites (N-methyl/N-ethyl adjacent to an activating group) is 1. The van der Waals surface area contributed by atoms with Crippen molar-refractivity contribution in [3.63, 3.8) is 0 Å². The zero-order valence-corrected chi connectivity index (χ0v) is 44.3. The van der Waals surface area contributed by atoms with Crippen LogP contribution in [0.2, 0.25) is 10.0 Å². The summed E-state index contributed by atoms with van der Waals surface area (Å²) in [5.41, 5.74) is 10.6. The summed E-state index contributed by atoms with van der Waals surface area (Å²) in [5.74, 6) is 0.118. The van der Waals surface area contributed by atoms with Crippen molar-refractivity contribution in [2.45, 2.75) is 60.4 Å². The molecule has 0 amide bonds. The van der Waals surface area contributed by atoms with E-state index in [4.69, 9.17) is 33.4 Å². The number of halogens is 3. The molecule has 8 heterocycles. The second-order valence-corrected chi connectivity index (χ2v) is 20.1. The number of piperazine rings is 1. The Labute approximate surface area is 471 Å². The molecule has 0 spiro atoms. The third kappa shape index (κ3) is 11.7. The molecule has 408 valence electrons. The Morgan fingerprint density at radius 2 is 1.01 bits per heavy atom. The summed E-state index contributed by atoms with van der Waals surface area (Å²) in [6.07, 6.45) is 6.85. The molecule has 0 radical (unpaired) electrons. The number of fused-ring (bicyclic) bond motifs is 3. The molecule has 1 saturated heterocycles. The van der Waals surface area contributed by atoms with Gasteiger partial charge in [-0.25, -0.2) is 13.8 Å². The molecular weight excluding hydrogens is 1030 g/mol. The summed E-state index contributed by atoms with van der Waals surface area (Å²) in [6, 6.07) is 43.1. The number of nitrogens with zero attached hydrogens (tertiary/aromatic N) is 15. The fraction of sp³-hybridized carbons (Fsp3) is 0.295. The molecular formula is C61H68Cl2FN15. The lowest BCUT2D eigenvalue weighted by molar-refractivity contribution is 0.149. The quantitative estimate of drug-likeness (QED) is 0.136. The number of benzene rings is 4. The van der Waals surface area contributed by atoms with E-state index in [-0.39, 0.29) is 33.8 Å². The topological polar surface area (TPSA) is 142 Å². The highest BCUT2D eigenvalue weighted by Gasteiger charge is 2.28. The van der Waals surface area contributed by atoms with Gasteiger partial charge in [-0.05, 0) is 32.0 Å². The van der Waals surface area contributed by atoms with E-state index in [9.17, 15) is 0 Å². The molecule has 15 nitrogen and oxygen atoms in total. The van der Waals surface area contributed by atoms with Gasteiger partial charge in [0, 0.05) is 88.2 Å². The van der Waals surface area contributed by atoms with E-state index in [2.05, 4.69) is 52.5 Å². The van der Waals surface area contributed by atoms with Gasteiger partial charge in [0.2, 0.25) is 5.65 Å². The molecule has 2 aliphatic rings. The van der Waals surface area contributed by atoms with Crippen molar-refractivity contribution in [2.24, 2.45) is 21.1 Å². The number of rotatable bonds is 9. The summed E-state index contributed by atoms with van der Waals surface area (Å²) in [7, 11) is 7.89. The average Bonchev–Trinajstić information content (AvgIpc) is 4.52. The van der Waals surface area contributed by atoms with Crippen molar-refractivity contribution < 1.29 is 4.39 Å². The van der Waals surface area contributed by atoms with Crippen LogP contribution in [0.15, 0.2) is 140 Å². The largest absolute Gasteiger partial charge is 0.349 e. The molecule has 0 bridgehead atoms. The van der Waals surface area contributed by atoms with E-state index in [0.29, 0.717) is 56.1 Å². The molecule has 18 heteroatoms. The lowest BCUT2D eigenvalue weighted by Gasteiger charge is -2.32.